The number of hydroxylamine groups is 3. The number of aliphatic imine (C=N–C) groups is 1. The number of nitrogens with two attached hydrogens (primary N) is 1. The van der Waals surface area contributed by atoms with E-state index in [1.165, 1.54) is 20.0 Å². The van der Waals surface area contributed by atoms with E-state index in [1.807, 2.05) is 5.48 Å². The molecule has 1 aromatic rings. The Hall–Kier alpha value is -5.42. The lowest BCUT2D eigenvalue weighted by atomic mass is 10.0. The molecule has 0 unspecified atom stereocenters. The summed E-state index contributed by atoms with van der Waals surface area (Å²) in [5.74, 6) is -5.27. The average Bonchev–Trinajstić information content (AvgIpc) is 3.66. The molecule has 312 valence electrons. The Labute approximate surface area is 322 Å². The van der Waals surface area contributed by atoms with Crippen molar-refractivity contribution in [1.82, 2.24) is 36.7 Å². The fourth-order valence-electron chi connectivity index (χ4n) is 5.51. The van der Waals surface area contributed by atoms with Crippen molar-refractivity contribution in [1.29, 1.82) is 0 Å². The van der Waals surface area contributed by atoms with Crippen LogP contribution in [-0.4, -0.2) is 160 Å². The molecule has 22 heteroatoms. The Morgan fingerprint density at radius 3 is 2.30 bits per heavy atom. The molecule has 6 atom stereocenters. The minimum Gasteiger partial charge on any atom is -0.507 e. The van der Waals surface area contributed by atoms with Crippen LogP contribution in [0.5, 0.6) is 5.75 Å². The van der Waals surface area contributed by atoms with Gasteiger partial charge in [-0.2, -0.15) is 0 Å². The second-order valence-corrected chi connectivity index (χ2v) is 12.9. The van der Waals surface area contributed by atoms with Crippen LogP contribution >= 0.6 is 0 Å². The number of rotatable bonds is 26. The molecule has 56 heavy (non-hydrogen) atoms. The summed E-state index contributed by atoms with van der Waals surface area (Å²) in [6, 6.07) is -0.248. The number of phenols is 1. The van der Waals surface area contributed by atoms with Gasteiger partial charge in [0, 0.05) is 33.1 Å². The molecule has 1 aliphatic rings. The summed E-state index contributed by atoms with van der Waals surface area (Å²) in [5, 5.41) is 58.7. The van der Waals surface area contributed by atoms with Gasteiger partial charge in [-0.25, -0.2) is 20.3 Å². The topological polar surface area (TPSA) is 335 Å². The number of aromatic hydroxyl groups is 1. The summed E-state index contributed by atoms with van der Waals surface area (Å²) in [4.78, 5) is 93.8. The highest BCUT2D eigenvalue weighted by molar-refractivity contribution is 6.00. The molecule has 0 saturated heterocycles. The van der Waals surface area contributed by atoms with Gasteiger partial charge in [0.2, 0.25) is 41.8 Å². The zero-order chi connectivity index (χ0) is 41.8. The van der Waals surface area contributed by atoms with Gasteiger partial charge in [-0.3, -0.25) is 34.0 Å². The predicted molar refractivity (Wildman–Crippen MR) is 195 cm³/mol. The normalized spacial score (nSPS) is 16.1. The number of aliphatic hydroxyl groups excluding tert-OH is 1. The molecular weight excluding hydrogens is 742 g/mol. The Kier molecular flexibility index (Phi) is 20.2. The predicted octanol–water partition coefficient (Wildman–Crippen LogP) is -3.08. The second kappa shape index (κ2) is 24.2. The number of amides is 6. The number of ether oxygens (including phenoxy) is 1. The zero-order valence-electron chi connectivity index (χ0n) is 31.3. The summed E-state index contributed by atoms with van der Waals surface area (Å²) >= 11 is 0. The van der Waals surface area contributed by atoms with Crippen LogP contribution in [0.1, 0.15) is 57.4 Å². The first-order chi connectivity index (χ1) is 26.6. The van der Waals surface area contributed by atoms with Gasteiger partial charge in [0.25, 0.3) is 0 Å². The SMILES string of the molecule is C[C@@H](O)[C@@H](NC(=O)CCNC(=O)[C@@H]1COC(c2ccccc2O)=N1)C(=O)N(C)[C@@H](CCCNO)C(=O)N[C@@H](CCCN)C(=O)N[C@@H](CCCN(O)C=O)C(=O)O. The van der Waals surface area contributed by atoms with Crippen molar-refractivity contribution in [3.05, 3.63) is 29.8 Å². The largest absolute Gasteiger partial charge is 0.507 e. The highest BCUT2D eigenvalue weighted by Gasteiger charge is 2.36. The van der Waals surface area contributed by atoms with Gasteiger partial charge >= 0.3 is 5.97 Å². The molecule has 1 heterocycles. The van der Waals surface area contributed by atoms with Gasteiger partial charge in [-0.15, -0.1) is 0 Å². The van der Waals surface area contributed by atoms with E-state index in [9.17, 15) is 54.1 Å². The Bertz CT molecular complexity index is 1530. The van der Waals surface area contributed by atoms with E-state index < -0.39 is 71.8 Å². The quantitative estimate of drug-likeness (QED) is 0.0192. The number of likely N-dealkylation sites (N-methyl/N-ethyl adjacent to an activating group) is 1. The van der Waals surface area contributed by atoms with Gasteiger partial charge in [0.05, 0.1) is 11.7 Å². The maximum atomic E-state index is 13.7. The number of carboxylic acids is 1. The molecule has 0 aromatic heterocycles. The molecule has 0 aliphatic carbocycles. The van der Waals surface area contributed by atoms with Crippen LogP contribution in [0, 0.1) is 0 Å². The molecule has 2 rings (SSSR count). The number of benzene rings is 1. The molecule has 1 aromatic carbocycles. The molecule has 0 saturated carbocycles. The van der Waals surface area contributed by atoms with Gasteiger partial charge in [0.1, 0.15) is 36.5 Å². The molecule has 0 spiro atoms. The number of aliphatic carboxylic acids is 1. The van der Waals surface area contributed by atoms with E-state index in [2.05, 4.69) is 26.3 Å². The zero-order valence-corrected chi connectivity index (χ0v) is 31.3. The minimum atomic E-state index is -1.55. The summed E-state index contributed by atoms with van der Waals surface area (Å²) < 4.78 is 5.44. The van der Waals surface area contributed by atoms with E-state index in [1.54, 1.807) is 18.2 Å². The van der Waals surface area contributed by atoms with Crippen molar-refractivity contribution in [3.8, 4) is 5.75 Å². The molecule has 0 radical (unpaired) electrons. The van der Waals surface area contributed by atoms with Gasteiger partial charge in [0.15, 0.2) is 6.04 Å². The van der Waals surface area contributed by atoms with Gasteiger partial charge < -0.3 is 57.2 Å². The van der Waals surface area contributed by atoms with Crippen LogP contribution in [0.25, 0.3) is 0 Å². The lowest BCUT2D eigenvalue weighted by molar-refractivity contribution is -0.150. The number of phenolic OH excluding ortho intramolecular Hbond substituents is 1. The van der Waals surface area contributed by atoms with E-state index in [-0.39, 0.29) is 95.8 Å². The first kappa shape index (κ1) is 46.7. The molecule has 22 nitrogen and oxygen atoms in total. The first-order valence-electron chi connectivity index (χ1n) is 18.0. The lowest BCUT2D eigenvalue weighted by Gasteiger charge is -2.33. The standard InChI is InChI=1S/C34H53N9O13/c1-20(45)28(41-27(47)13-16-36-29(48)24-18-56-32(40-24)21-8-3-4-12-26(21)46)33(51)42(2)25(11-6-15-37-54)31(50)38-22(9-5-14-35)30(49)39-23(34(52)53)10-7-17-43(55)19-44/h3-4,8,12,19-20,22-25,28,37,45-46,54-55H,5-7,9-11,13-18,35H2,1-2H3,(H,36,48)(H,38,50)(H,39,49)(H,41,47)(H,52,53)/t20-,22+,23+,24+,25+,28-/m1/s1. The van der Waals surface area contributed by atoms with E-state index >= 15 is 0 Å². The number of carboxylic acid groups (broad SMARTS) is 1. The minimum absolute atomic E-state index is 0.00911. The van der Waals surface area contributed by atoms with Crippen LogP contribution in [0.15, 0.2) is 29.3 Å². The van der Waals surface area contributed by atoms with Crippen LogP contribution in [0.4, 0.5) is 0 Å². The maximum absolute atomic E-state index is 13.7. The highest BCUT2D eigenvalue weighted by Crippen LogP contribution is 2.21. The van der Waals surface area contributed by atoms with Crippen molar-refractivity contribution in [2.75, 3.05) is 39.8 Å². The number of carbonyl (C=O) groups is 7. The smallest absolute Gasteiger partial charge is 0.326 e. The van der Waals surface area contributed by atoms with Crippen molar-refractivity contribution in [2.45, 2.75) is 88.2 Å². The number of aliphatic hydroxyl groups is 1. The number of hydrogen-bond donors (Lipinski definition) is 11. The number of nitrogens with zero attached hydrogens (tertiary/aromatic N) is 3. The Balaban J connectivity index is 2.10. The first-order valence-corrected chi connectivity index (χ1v) is 18.0. The Morgan fingerprint density at radius 1 is 1.00 bits per heavy atom. The van der Waals surface area contributed by atoms with Crippen molar-refractivity contribution in [2.24, 2.45) is 10.7 Å². The summed E-state index contributed by atoms with van der Waals surface area (Å²) in [5.41, 5.74) is 7.88. The fourth-order valence-corrected chi connectivity index (χ4v) is 5.51. The second-order valence-electron chi connectivity index (χ2n) is 12.9. The van der Waals surface area contributed by atoms with E-state index in [0.29, 0.717) is 10.6 Å². The lowest BCUT2D eigenvalue weighted by Crippen LogP contribution is -2.59. The number of nitrogens with one attached hydrogen (secondary N) is 5. The van der Waals surface area contributed by atoms with Crippen LogP contribution in [-0.2, 0) is 38.3 Å². The number of para-hydroxylation sites is 1. The van der Waals surface area contributed by atoms with Crippen molar-refractivity contribution in [3.63, 3.8) is 0 Å². The van der Waals surface area contributed by atoms with Gasteiger partial charge in [-0.1, -0.05) is 12.1 Å². The monoisotopic (exact) mass is 795 g/mol. The molecule has 6 amide bonds. The summed E-state index contributed by atoms with van der Waals surface area (Å²) in [6.45, 7) is 0.909. The molecule has 1 aliphatic heterocycles. The number of hydrogen-bond acceptors (Lipinski definition) is 15. The number of carbonyl (C=O) groups excluding carboxylic acids is 6. The third kappa shape index (κ3) is 15.0. The van der Waals surface area contributed by atoms with Crippen molar-refractivity contribution >= 4 is 47.8 Å². The summed E-state index contributed by atoms with van der Waals surface area (Å²) in [7, 11) is 1.24. The molecule has 0 bridgehead atoms. The molecule has 12 N–H and O–H groups in total. The van der Waals surface area contributed by atoms with E-state index in [4.69, 9.17) is 15.7 Å². The summed E-state index contributed by atoms with van der Waals surface area (Å²) in [6.07, 6.45) is -1.47. The van der Waals surface area contributed by atoms with Gasteiger partial charge in [-0.05, 0) is 64.1 Å². The third-order valence-electron chi connectivity index (χ3n) is 8.63. The molecular formula is C34H53N9O13. The molecule has 0 fully saturated rings. The van der Waals surface area contributed by atoms with Crippen LogP contribution < -0.4 is 32.5 Å². The fraction of sp³-hybridized carbons (Fsp3) is 0.588. The van der Waals surface area contributed by atoms with Crippen molar-refractivity contribution < 1.29 is 64.0 Å². The maximum Gasteiger partial charge on any atom is 0.326 e. The van der Waals surface area contributed by atoms with E-state index in [0.717, 1.165) is 4.90 Å². The Morgan fingerprint density at radius 2 is 1.68 bits per heavy atom. The van der Waals surface area contributed by atoms with Crippen LogP contribution in [0.2, 0.25) is 0 Å². The third-order valence-corrected chi connectivity index (χ3v) is 8.63. The highest BCUT2D eigenvalue weighted by atomic mass is 16.5. The van der Waals surface area contributed by atoms with Crippen LogP contribution in [0.3, 0.4) is 0 Å². The average molecular weight is 796 g/mol.